The molecule has 0 spiro atoms. The fourth-order valence-corrected chi connectivity index (χ4v) is 10.8. The maximum Gasteiger partial charge on any atom is 0.316 e. The van der Waals surface area contributed by atoms with E-state index in [0.717, 1.165) is 32.1 Å². The lowest BCUT2D eigenvalue weighted by atomic mass is 9.44. The van der Waals surface area contributed by atoms with Gasteiger partial charge in [0.1, 0.15) is 11.9 Å². The number of nitrogens with one attached hydrogen (secondary N) is 1. The van der Waals surface area contributed by atoms with Gasteiger partial charge in [-0.15, -0.1) is 18.3 Å². The molecule has 224 valence electrons. The molecule has 5 aliphatic rings. The zero-order valence-electron chi connectivity index (χ0n) is 24.4. The van der Waals surface area contributed by atoms with Crippen molar-refractivity contribution in [2.75, 3.05) is 12.3 Å². The van der Waals surface area contributed by atoms with Crippen LogP contribution in [0.4, 0.5) is 0 Å². The van der Waals surface area contributed by atoms with Gasteiger partial charge < -0.3 is 26.0 Å². The highest BCUT2D eigenvalue weighted by atomic mass is 32.2. The average Bonchev–Trinajstić information content (AvgIpc) is 3.40. The average molecular weight is 577 g/mol. The number of nitrogens with two attached hydrogens (primary N) is 1. The summed E-state index contributed by atoms with van der Waals surface area (Å²) in [5, 5.41) is 25.4. The van der Waals surface area contributed by atoms with E-state index in [4.69, 9.17) is 10.5 Å². The molecule has 1 amide bonds. The first-order valence-corrected chi connectivity index (χ1v) is 16.2. The van der Waals surface area contributed by atoms with E-state index >= 15 is 0 Å². The predicted octanol–water partition coefficient (Wildman–Crippen LogP) is 2.84. The number of rotatable bonds is 7. The van der Waals surface area contributed by atoms with E-state index < -0.39 is 29.1 Å². The summed E-state index contributed by atoms with van der Waals surface area (Å²) >= 11 is 1.42. The number of hydrogen-bond acceptors (Lipinski definition) is 8. The second kappa shape index (κ2) is 10.7. The number of carbonyl (C=O) groups is 3. The minimum absolute atomic E-state index is 0.0329. The van der Waals surface area contributed by atoms with Crippen molar-refractivity contribution < 1.29 is 29.3 Å². The fraction of sp³-hybridized carbons (Fsp3) is 0.839. The van der Waals surface area contributed by atoms with Crippen molar-refractivity contribution >= 4 is 29.4 Å². The number of amides is 1. The third kappa shape index (κ3) is 4.49. The quantitative estimate of drug-likeness (QED) is 0.268. The molecule has 5 aliphatic carbocycles. The molecule has 0 aromatic rings. The number of carbonyl (C=O) groups excluding carboxylic acids is 3. The Labute approximate surface area is 242 Å². The van der Waals surface area contributed by atoms with Gasteiger partial charge in [0.15, 0.2) is 0 Å². The largest absolute Gasteiger partial charge is 0.461 e. The lowest BCUT2D eigenvalue weighted by Gasteiger charge is -2.61. The smallest absolute Gasteiger partial charge is 0.316 e. The summed E-state index contributed by atoms with van der Waals surface area (Å²) < 4.78 is 6.35. The molecule has 3 unspecified atom stereocenters. The van der Waals surface area contributed by atoms with E-state index in [1.54, 1.807) is 0 Å². The molecule has 5 rings (SSSR count). The molecule has 0 heterocycles. The molecule has 0 radical (unpaired) electrons. The summed E-state index contributed by atoms with van der Waals surface area (Å²) in [6, 6.07) is 0.0329. The highest BCUT2D eigenvalue weighted by Crippen LogP contribution is 2.68. The Hall–Kier alpha value is -1.42. The molecular formula is C31H48N2O6S. The lowest BCUT2D eigenvalue weighted by molar-refractivity contribution is -0.205. The second-order valence-corrected chi connectivity index (χ2v) is 15.3. The number of ketones is 1. The summed E-state index contributed by atoms with van der Waals surface area (Å²) in [5.41, 5.74) is 3.94. The van der Waals surface area contributed by atoms with Gasteiger partial charge in [-0.25, -0.2) is 0 Å². The van der Waals surface area contributed by atoms with Gasteiger partial charge in [0.25, 0.3) is 0 Å². The number of fused-ring (bicyclic) bond motifs is 1. The van der Waals surface area contributed by atoms with Crippen molar-refractivity contribution in [1.82, 2.24) is 5.32 Å². The maximum absolute atomic E-state index is 13.6. The van der Waals surface area contributed by atoms with Gasteiger partial charge in [-0.05, 0) is 67.6 Å². The highest BCUT2D eigenvalue weighted by molar-refractivity contribution is 8.00. The monoisotopic (exact) mass is 576 g/mol. The molecule has 5 fully saturated rings. The molecule has 9 heteroatoms. The molecule has 5 saturated carbocycles. The number of thioether (sulfide) groups is 1. The lowest BCUT2D eigenvalue weighted by Crippen LogP contribution is -2.63. The third-order valence-electron chi connectivity index (χ3n) is 12.4. The van der Waals surface area contributed by atoms with Gasteiger partial charge in [0.2, 0.25) is 5.91 Å². The molecule has 2 bridgehead atoms. The molecule has 5 N–H and O–H groups in total. The first kappa shape index (κ1) is 30.1. The van der Waals surface area contributed by atoms with E-state index in [1.807, 2.05) is 13.0 Å². The van der Waals surface area contributed by atoms with Crippen LogP contribution in [-0.4, -0.2) is 69.8 Å². The normalized spacial score (nSPS) is 49.6. The number of hydrogen-bond donors (Lipinski definition) is 4. The topological polar surface area (TPSA) is 139 Å². The molecular weight excluding hydrogens is 528 g/mol. The summed E-state index contributed by atoms with van der Waals surface area (Å²) in [6.07, 6.45) is 5.06. The fourth-order valence-electron chi connectivity index (χ4n) is 9.63. The Bertz CT molecular complexity index is 1050. The summed E-state index contributed by atoms with van der Waals surface area (Å²) in [6.45, 7) is 12.5. The van der Waals surface area contributed by atoms with Gasteiger partial charge in [0, 0.05) is 34.5 Å². The van der Waals surface area contributed by atoms with Gasteiger partial charge in [0.05, 0.1) is 24.5 Å². The summed E-state index contributed by atoms with van der Waals surface area (Å²) in [4.78, 5) is 38.7. The van der Waals surface area contributed by atoms with Crippen molar-refractivity contribution in [1.29, 1.82) is 0 Å². The van der Waals surface area contributed by atoms with Crippen LogP contribution >= 0.6 is 11.8 Å². The maximum atomic E-state index is 13.6. The van der Waals surface area contributed by atoms with Crippen molar-refractivity contribution in [2.24, 2.45) is 51.6 Å². The van der Waals surface area contributed by atoms with Crippen LogP contribution in [-0.2, 0) is 19.1 Å². The molecule has 0 saturated heterocycles. The molecule has 0 aromatic heterocycles. The third-order valence-corrected chi connectivity index (χ3v) is 13.7. The zero-order valence-corrected chi connectivity index (χ0v) is 25.3. The zero-order chi connectivity index (χ0) is 29.2. The number of Topliss-reactive ketones (excluding diaryl/α,β-unsaturated/α-hetero) is 1. The van der Waals surface area contributed by atoms with Crippen molar-refractivity contribution in [3.8, 4) is 0 Å². The number of ether oxygens (including phenoxy) is 1. The summed E-state index contributed by atoms with van der Waals surface area (Å²) in [7, 11) is 0. The Balaban J connectivity index is 1.33. The second-order valence-electron chi connectivity index (χ2n) is 14.1. The Morgan fingerprint density at radius 1 is 1.20 bits per heavy atom. The van der Waals surface area contributed by atoms with Crippen LogP contribution in [0.25, 0.3) is 0 Å². The number of esters is 1. The van der Waals surface area contributed by atoms with Crippen molar-refractivity contribution in [3.05, 3.63) is 12.7 Å². The van der Waals surface area contributed by atoms with Crippen LogP contribution in [0.1, 0.15) is 72.6 Å². The van der Waals surface area contributed by atoms with Crippen LogP contribution in [0.2, 0.25) is 0 Å². The number of aliphatic hydroxyl groups is 2. The molecule has 8 nitrogen and oxygen atoms in total. The molecule has 13 atom stereocenters. The van der Waals surface area contributed by atoms with Crippen molar-refractivity contribution in [3.63, 3.8) is 0 Å². The standard InChI is InChI=1S/C31H48N2O6S/c1-6-29(4)13-23(30(5)16(2)7-9-31(17(3)28(29)38)10-8-21(34)27(30)31)39-25(36)15-40-22-12-18-19(26(22)37)11-20(18)33-24(35)14-32/h6,16-20,22-23,26-28,37-38H,1,7-15,32H2,2-5H3,(H,33,35)/t16?,17-,18-,19-,20+,22+,23+,26+,27-,28?,29+,30-,31?/m0/s1. The Kier molecular flexibility index (Phi) is 8.03. The van der Waals surface area contributed by atoms with Gasteiger partial charge in [-0.3, -0.25) is 14.4 Å². The van der Waals surface area contributed by atoms with E-state index in [-0.39, 0.29) is 76.3 Å². The first-order chi connectivity index (χ1) is 18.8. The number of aliphatic hydroxyl groups excluding tert-OH is 2. The van der Waals surface area contributed by atoms with Crippen LogP contribution in [0.15, 0.2) is 12.7 Å². The van der Waals surface area contributed by atoms with Crippen LogP contribution in [0.3, 0.4) is 0 Å². The Morgan fingerprint density at radius 2 is 1.93 bits per heavy atom. The molecule has 0 aromatic carbocycles. The van der Waals surface area contributed by atoms with Crippen LogP contribution < -0.4 is 11.1 Å². The minimum atomic E-state index is -0.691. The minimum Gasteiger partial charge on any atom is -0.461 e. The SMILES string of the molecule is C=C[C@]1(C)C[C@@H](OC(=O)CS[C@@H]2C[C@H]3[C@H](C[C@H]3NC(=O)CN)[C@H]2O)[C@]2(C)C(C)CCC3(CCC(=O)[C@H]32)[C@@H](C)C1O. The highest BCUT2D eigenvalue weighted by Gasteiger charge is 2.68. The van der Waals surface area contributed by atoms with E-state index in [1.165, 1.54) is 11.8 Å². The van der Waals surface area contributed by atoms with Gasteiger partial charge >= 0.3 is 5.97 Å². The summed E-state index contributed by atoms with van der Waals surface area (Å²) in [5.74, 6) is 0.0126. The Morgan fingerprint density at radius 3 is 2.60 bits per heavy atom. The van der Waals surface area contributed by atoms with E-state index in [2.05, 4.69) is 32.7 Å². The van der Waals surface area contributed by atoms with E-state index in [9.17, 15) is 24.6 Å². The van der Waals surface area contributed by atoms with Crippen LogP contribution in [0.5, 0.6) is 0 Å². The van der Waals surface area contributed by atoms with E-state index in [0.29, 0.717) is 12.8 Å². The van der Waals surface area contributed by atoms with Crippen LogP contribution in [0, 0.1) is 45.8 Å². The molecule has 0 aliphatic heterocycles. The van der Waals surface area contributed by atoms with Gasteiger partial charge in [-0.1, -0.05) is 33.8 Å². The van der Waals surface area contributed by atoms with Crippen molar-refractivity contribution in [2.45, 2.75) is 102 Å². The molecule has 40 heavy (non-hydrogen) atoms. The first-order valence-electron chi connectivity index (χ1n) is 15.1. The predicted molar refractivity (Wildman–Crippen MR) is 154 cm³/mol. The van der Waals surface area contributed by atoms with Gasteiger partial charge in [-0.2, -0.15) is 0 Å².